The summed E-state index contributed by atoms with van der Waals surface area (Å²) in [5.74, 6) is 2.47. The summed E-state index contributed by atoms with van der Waals surface area (Å²) in [5, 5.41) is 3.52. The number of thioether (sulfide) groups is 1. The summed E-state index contributed by atoms with van der Waals surface area (Å²) in [6, 6.07) is 0.600. The largest absolute Gasteiger partial charge is 0.330 e. The minimum atomic E-state index is 0.600. The molecule has 0 amide bonds. The number of hydrogen-bond donors (Lipinski definition) is 2. The Labute approximate surface area is 87.0 Å². The molecule has 13 heavy (non-hydrogen) atoms. The van der Waals surface area contributed by atoms with E-state index >= 15 is 0 Å². The molecule has 0 aliphatic rings. The van der Waals surface area contributed by atoms with Gasteiger partial charge in [0.15, 0.2) is 0 Å². The molecule has 2 unspecified atom stereocenters. The lowest BCUT2D eigenvalue weighted by Crippen LogP contribution is -2.37. The molecular weight excluding hydrogens is 180 g/mol. The maximum Gasteiger partial charge on any atom is 0.0129 e. The van der Waals surface area contributed by atoms with E-state index in [-0.39, 0.29) is 0 Å². The smallest absolute Gasteiger partial charge is 0.0129 e. The maximum absolute atomic E-state index is 5.69. The fraction of sp³-hybridized carbons (Fsp3) is 1.00. The van der Waals surface area contributed by atoms with Gasteiger partial charge in [0.25, 0.3) is 0 Å². The van der Waals surface area contributed by atoms with Crippen molar-refractivity contribution >= 4 is 11.8 Å². The van der Waals surface area contributed by atoms with Crippen LogP contribution in [0.3, 0.4) is 0 Å². The van der Waals surface area contributed by atoms with Crippen LogP contribution >= 0.6 is 11.8 Å². The molecule has 0 saturated carbocycles. The molecule has 0 aromatic heterocycles. The highest BCUT2D eigenvalue weighted by Crippen LogP contribution is 2.08. The Balaban J connectivity index is 3.59. The van der Waals surface area contributed by atoms with Crippen LogP contribution in [0.1, 0.15) is 20.8 Å². The molecule has 0 rings (SSSR count). The first-order chi connectivity index (χ1) is 6.11. The summed E-state index contributed by atoms with van der Waals surface area (Å²) in [6.45, 7) is 8.54. The zero-order valence-corrected chi connectivity index (χ0v) is 10.2. The second-order valence-corrected chi connectivity index (χ2v) is 4.92. The van der Waals surface area contributed by atoms with Crippen LogP contribution < -0.4 is 11.1 Å². The molecule has 0 aromatic carbocycles. The van der Waals surface area contributed by atoms with E-state index in [4.69, 9.17) is 5.73 Å². The van der Waals surface area contributed by atoms with Crippen LogP contribution in [-0.4, -0.2) is 31.1 Å². The van der Waals surface area contributed by atoms with Crippen molar-refractivity contribution in [1.29, 1.82) is 0 Å². The van der Waals surface area contributed by atoms with Crippen molar-refractivity contribution in [1.82, 2.24) is 5.32 Å². The maximum atomic E-state index is 5.69. The van der Waals surface area contributed by atoms with Gasteiger partial charge in [-0.05, 0) is 38.1 Å². The van der Waals surface area contributed by atoms with Crippen molar-refractivity contribution in [3.63, 3.8) is 0 Å². The van der Waals surface area contributed by atoms with Crippen molar-refractivity contribution in [3.05, 3.63) is 0 Å². The van der Waals surface area contributed by atoms with Crippen molar-refractivity contribution in [2.24, 2.45) is 17.6 Å². The molecule has 2 nitrogen and oxygen atoms in total. The van der Waals surface area contributed by atoms with E-state index in [1.165, 1.54) is 5.75 Å². The highest BCUT2D eigenvalue weighted by atomic mass is 32.2. The molecule has 2 atom stereocenters. The molecule has 0 fully saturated rings. The number of nitrogens with one attached hydrogen (secondary N) is 1. The Morgan fingerprint density at radius 3 is 2.31 bits per heavy atom. The molecule has 3 heteroatoms. The average Bonchev–Trinajstić information content (AvgIpc) is 2.05. The first-order valence-electron chi connectivity index (χ1n) is 5.04. The third kappa shape index (κ3) is 6.36. The zero-order valence-electron chi connectivity index (χ0n) is 9.34. The lowest BCUT2D eigenvalue weighted by Gasteiger charge is -2.21. The van der Waals surface area contributed by atoms with Crippen LogP contribution in [0.5, 0.6) is 0 Å². The lowest BCUT2D eigenvalue weighted by molar-refractivity contribution is 0.360. The topological polar surface area (TPSA) is 38.0 Å². The van der Waals surface area contributed by atoms with Crippen LogP contribution in [0.15, 0.2) is 0 Å². The van der Waals surface area contributed by atoms with Gasteiger partial charge in [-0.25, -0.2) is 0 Å². The average molecular weight is 204 g/mol. The molecule has 0 radical (unpaired) electrons. The van der Waals surface area contributed by atoms with Gasteiger partial charge in [0.1, 0.15) is 0 Å². The van der Waals surface area contributed by atoms with Crippen LogP contribution in [-0.2, 0) is 0 Å². The Bertz CT molecular complexity index is 117. The van der Waals surface area contributed by atoms with E-state index in [9.17, 15) is 0 Å². The predicted molar refractivity (Wildman–Crippen MR) is 63.2 cm³/mol. The first kappa shape index (κ1) is 13.3. The van der Waals surface area contributed by atoms with E-state index < -0.39 is 0 Å². The van der Waals surface area contributed by atoms with Gasteiger partial charge in [-0.1, -0.05) is 13.8 Å². The van der Waals surface area contributed by atoms with Gasteiger partial charge >= 0.3 is 0 Å². The molecule has 0 saturated heterocycles. The van der Waals surface area contributed by atoms with Crippen LogP contribution in [0, 0.1) is 11.8 Å². The second kappa shape index (κ2) is 7.65. The summed E-state index contributed by atoms with van der Waals surface area (Å²) in [5.41, 5.74) is 5.69. The number of hydrogen-bond acceptors (Lipinski definition) is 3. The van der Waals surface area contributed by atoms with Gasteiger partial charge in [-0.2, -0.15) is 11.8 Å². The summed E-state index contributed by atoms with van der Waals surface area (Å²) < 4.78 is 0. The van der Waals surface area contributed by atoms with E-state index in [0.717, 1.165) is 13.1 Å². The predicted octanol–water partition coefficient (Wildman–Crippen LogP) is 1.56. The fourth-order valence-electron chi connectivity index (χ4n) is 1.25. The molecule has 0 aliphatic carbocycles. The molecule has 0 heterocycles. The van der Waals surface area contributed by atoms with Crippen molar-refractivity contribution < 1.29 is 0 Å². The second-order valence-electron chi connectivity index (χ2n) is 4.00. The third-order valence-electron chi connectivity index (χ3n) is 2.39. The highest BCUT2D eigenvalue weighted by molar-refractivity contribution is 7.98. The summed E-state index contributed by atoms with van der Waals surface area (Å²) in [4.78, 5) is 0. The van der Waals surface area contributed by atoms with E-state index in [2.05, 4.69) is 32.3 Å². The zero-order chi connectivity index (χ0) is 10.3. The molecule has 0 aliphatic heterocycles. The molecule has 3 N–H and O–H groups in total. The van der Waals surface area contributed by atoms with Gasteiger partial charge < -0.3 is 11.1 Å². The highest BCUT2D eigenvalue weighted by Gasteiger charge is 2.11. The molecule has 80 valence electrons. The summed E-state index contributed by atoms with van der Waals surface area (Å²) >= 11 is 1.88. The van der Waals surface area contributed by atoms with Crippen molar-refractivity contribution in [2.75, 3.05) is 25.1 Å². The normalized spacial score (nSPS) is 16.2. The lowest BCUT2D eigenvalue weighted by atomic mass is 9.96. The molecule has 0 spiro atoms. The first-order valence-corrected chi connectivity index (χ1v) is 6.43. The SMILES string of the molecule is CSCC(C)NCC(CN)C(C)C. The minimum Gasteiger partial charge on any atom is -0.330 e. The van der Waals surface area contributed by atoms with Gasteiger partial charge in [0.05, 0.1) is 0 Å². The molecule has 0 bridgehead atoms. The molecule has 0 aromatic rings. The summed E-state index contributed by atoms with van der Waals surface area (Å²) in [6.07, 6.45) is 2.14. The summed E-state index contributed by atoms with van der Waals surface area (Å²) in [7, 11) is 0. The van der Waals surface area contributed by atoms with E-state index in [1.54, 1.807) is 0 Å². The standard InChI is InChI=1S/C10H24N2S/c1-8(2)10(5-11)6-12-9(3)7-13-4/h8-10,12H,5-7,11H2,1-4H3. The van der Waals surface area contributed by atoms with Crippen molar-refractivity contribution in [3.8, 4) is 0 Å². The Morgan fingerprint density at radius 2 is 1.92 bits per heavy atom. The monoisotopic (exact) mass is 204 g/mol. The Morgan fingerprint density at radius 1 is 1.31 bits per heavy atom. The van der Waals surface area contributed by atoms with Crippen molar-refractivity contribution in [2.45, 2.75) is 26.8 Å². The van der Waals surface area contributed by atoms with E-state index in [1.807, 2.05) is 11.8 Å². The van der Waals surface area contributed by atoms with Gasteiger partial charge in [0.2, 0.25) is 0 Å². The van der Waals surface area contributed by atoms with Crippen LogP contribution in [0.25, 0.3) is 0 Å². The Kier molecular flexibility index (Phi) is 7.81. The van der Waals surface area contributed by atoms with Crippen LogP contribution in [0.4, 0.5) is 0 Å². The number of rotatable bonds is 7. The molecular formula is C10H24N2S. The number of nitrogens with two attached hydrogens (primary N) is 1. The van der Waals surface area contributed by atoms with Gasteiger partial charge in [-0.15, -0.1) is 0 Å². The van der Waals surface area contributed by atoms with Gasteiger partial charge in [-0.3, -0.25) is 0 Å². The fourth-order valence-corrected chi connectivity index (χ4v) is 1.87. The third-order valence-corrected chi connectivity index (χ3v) is 3.22. The van der Waals surface area contributed by atoms with E-state index in [0.29, 0.717) is 17.9 Å². The van der Waals surface area contributed by atoms with Gasteiger partial charge in [0, 0.05) is 11.8 Å². The quantitative estimate of drug-likeness (QED) is 0.661. The Hall–Kier alpha value is 0.270. The minimum absolute atomic E-state index is 0.600. The van der Waals surface area contributed by atoms with Crippen LogP contribution in [0.2, 0.25) is 0 Å².